The van der Waals surface area contributed by atoms with Crippen molar-refractivity contribution in [3.05, 3.63) is 100 Å². The van der Waals surface area contributed by atoms with Gasteiger partial charge < -0.3 is 10.6 Å². The summed E-state index contributed by atoms with van der Waals surface area (Å²) < 4.78 is 0. The Hall–Kier alpha value is -3.77. The maximum Gasteiger partial charge on any atom is 0.255 e. The minimum absolute atomic E-state index is 0.0314. The lowest BCUT2D eigenvalue weighted by molar-refractivity contribution is 0.0982. The average molecular weight is 434 g/mol. The van der Waals surface area contributed by atoms with E-state index in [0.29, 0.717) is 28.1 Å². The molecule has 6 nitrogen and oxygen atoms in total. The Morgan fingerprint density at radius 3 is 1.97 bits per heavy atom. The van der Waals surface area contributed by atoms with Crippen LogP contribution in [0.3, 0.4) is 0 Å². The summed E-state index contributed by atoms with van der Waals surface area (Å²) in [6, 6.07) is 16.5. The number of aromatic nitrogens is 1. The lowest BCUT2D eigenvalue weighted by atomic mass is 9.92. The second kappa shape index (κ2) is 9.82. The minimum atomic E-state index is -0.398. The van der Waals surface area contributed by atoms with E-state index in [1.54, 1.807) is 73.1 Å². The zero-order chi connectivity index (χ0) is 22.4. The lowest BCUT2D eigenvalue weighted by Crippen LogP contribution is -2.24. The highest BCUT2D eigenvalue weighted by Gasteiger charge is 2.31. The highest BCUT2D eigenvalue weighted by atomic mass is 35.5. The molecule has 1 aliphatic rings. The van der Waals surface area contributed by atoms with Crippen molar-refractivity contribution in [1.82, 2.24) is 4.98 Å². The molecule has 1 amide bonds. The van der Waals surface area contributed by atoms with E-state index in [9.17, 15) is 14.4 Å². The van der Waals surface area contributed by atoms with E-state index in [1.165, 1.54) is 0 Å². The summed E-state index contributed by atoms with van der Waals surface area (Å²) in [5.74, 6) is -1.01. The molecule has 0 fully saturated rings. The van der Waals surface area contributed by atoms with Crippen LogP contribution in [0.25, 0.3) is 0 Å². The summed E-state index contributed by atoms with van der Waals surface area (Å²) in [5.41, 5.74) is 2.26. The summed E-state index contributed by atoms with van der Waals surface area (Å²) in [7, 11) is 0. The van der Waals surface area contributed by atoms with Gasteiger partial charge in [-0.05, 0) is 36.4 Å². The Labute approximate surface area is 185 Å². The lowest BCUT2D eigenvalue weighted by Gasteiger charge is -2.19. The molecule has 156 valence electrons. The molecule has 0 radical (unpaired) electrons. The number of halogens is 1. The third-order valence-corrected chi connectivity index (χ3v) is 4.78. The van der Waals surface area contributed by atoms with E-state index in [2.05, 4.69) is 15.6 Å². The topological polar surface area (TPSA) is 88.2 Å². The fourth-order valence-electron chi connectivity index (χ4n) is 2.94. The van der Waals surface area contributed by atoms with Crippen LogP contribution in [0, 0.1) is 0 Å². The fourth-order valence-corrected chi connectivity index (χ4v) is 3.18. The molecular weight excluding hydrogens is 414 g/mol. The number of Topliss-reactive ketones (excluding diaryl/α,β-unsaturated/α-hetero) is 2. The van der Waals surface area contributed by atoms with Gasteiger partial charge in [0, 0.05) is 40.5 Å². The summed E-state index contributed by atoms with van der Waals surface area (Å²) in [6.07, 6.45) is 3.08. The van der Waals surface area contributed by atoms with Gasteiger partial charge in [0.25, 0.3) is 5.91 Å². The van der Waals surface area contributed by atoms with Crippen molar-refractivity contribution < 1.29 is 14.4 Å². The van der Waals surface area contributed by atoms with Gasteiger partial charge >= 0.3 is 0 Å². The van der Waals surface area contributed by atoms with Crippen LogP contribution in [-0.2, 0) is 0 Å². The molecule has 1 aromatic heterocycles. The molecule has 2 aromatic carbocycles. The second-order valence-corrected chi connectivity index (χ2v) is 6.66. The summed E-state index contributed by atoms with van der Waals surface area (Å²) >= 11 is 6.16. The van der Waals surface area contributed by atoms with Crippen LogP contribution in [0.2, 0.25) is 0 Å². The molecule has 0 bridgehead atoms. The van der Waals surface area contributed by atoms with Crippen molar-refractivity contribution in [2.24, 2.45) is 0 Å². The number of pyridine rings is 1. The number of hydrogen-bond donors (Lipinski definition) is 2. The van der Waals surface area contributed by atoms with Crippen molar-refractivity contribution in [3.63, 3.8) is 0 Å². The standard InChI is InChI=1S/C22H14ClN3O3.C2H6/c23-18-19(21(28)17-4-2-1-3-16(17)20(18)27)25-14-5-7-15(8-6-14)26-22(29)13-9-11-24-12-10-13;1-2/h1-12,25H,(H,26,29);1-2H3. The monoisotopic (exact) mass is 433 g/mol. The summed E-state index contributed by atoms with van der Waals surface area (Å²) in [6.45, 7) is 4.00. The number of allylic oxidation sites excluding steroid dienone is 2. The van der Waals surface area contributed by atoms with Gasteiger partial charge in [0.15, 0.2) is 0 Å². The Morgan fingerprint density at radius 2 is 1.35 bits per heavy atom. The quantitative estimate of drug-likeness (QED) is 0.582. The first-order chi connectivity index (χ1) is 15.0. The molecule has 0 saturated heterocycles. The van der Waals surface area contributed by atoms with E-state index in [1.807, 2.05) is 13.8 Å². The Morgan fingerprint density at radius 1 is 0.806 bits per heavy atom. The molecule has 1 heterocycles. The van der Waals surface area contributed by atoms with E-state index < -0.39 is 5.78 Å². The molecule has 7 heteroatoms. The van der Waals surface area contributed by atoms with Crippen LogP contribution in [-0.4, -0.2) is 22.5 Å². The number of nitrogens with zero attached hydrogens (tertiary/aromatic N) is 1. The van der Waals surface area contributed by atoms with Crippen molar-refractivity contribution in [2.75, 3.05) is 10.6 Å². The number of carbonyl (C=O) groups is 3. The largest absolute Gasteiger partial charge is 0.351 e. The molecular formula is C24H20ClN3O3. The van der Waals surface area contributed by atoms with Crippen LogP contribution in [0.4, 0.5) is 11.4 Å². The number of ketones is 2. The normalized spacial score (nSPS) is 12.5. The van der Waals surface area contributed by atoms with Gasteiger partial charge in [-0.25, -0.2) is 0 Å². The van der Waals surface area contributed by atoms with Gasteiger partial charge in [-0.1, -0.05) is 49.7 Å². The fraction of sp³-hybridized carbons (Fsp3) is 0.0833. The zero-order valence-corrected chi connectivity index (χ0v) is 17.7. The van der Waals surface area contributed by atoms with Gasteiger partial charge in [0.05, 0.1) is 0 Å². The van der Waals surface area contributed by atoms with Gasteiger partial charge in [-0.3, -0.25) is 19.4 Å². The SMILES string of the molecule is CC.O=C(Nc1ccc(NC2=C(Cl)C(=O)c3ccccc3C2=O)cc1)c1ccncc1. The number of hydrogen-bond acceptors (Lipinski definition) is 5. The number of nitrogens with one attached hydrogen (secondary N) is 2. The van der Waals surface area contributed by atoms with Crippen LogP contribution in [0.1, 0.15) is 44.9 Å². The van der Waals surface area contributed by atoms with E-state index >= 15 is 0 Å². The maximum atomic E-state index is 12.7. The molecule has 0 spiro atoms. The van der Waals surface area contributed by atoms with E-state index in [-0.39, 0.29) is 22.4 Å². The first-order valence-corrected chi connectivity index (χ1v) is 10.1. The average Bonchev–Trinajstić information content (AvgIpc) is 2.83. The van der Waals surface area contributed by atoms with Crippen LogP contribution in [0.5, 0.6) is 0 Å². The molecule has 31 heavy (non-hydrogen) atoms. The van der Waals surface area contributed by atoms with Gasteiger partial charge in [0.2, 0.25) is 11.6 Å². The molecule has 0 atom stereocenters. The molecule has 4 rings (SSSR count). The predicted octanol–water partition coefficient (Wildman–Crippen LogP) is 5.30. The van der Waals surface area contributed by atoms with Gasteiger partial charge in [-0.2, -0.15) is 0 Å². The first kappa shape index (κ1) is 21.9. The molecule has 0 unspecified atom stereocenters. The third-order valence-electron chi connectivity index (χ3n) is 4.42. The summed E-state index contributed by atoms with van der Waals surface area (Å²) in [4.78, 5) is 41.2. The third kappa shape index (κ3) is 4.70. The van der Waals surface area contributed by atoms with Crippen LogP contribution >= 0.6 is 11.6 Å². The molecule has 3 aromatic rings. The Balaban J connectivity index is 0.00000132. The van der Waals surface area contributed by atoms with Gasteiger partial charge in [-0.15, -0.1) is 0 Å². The number of benzene rings is 2. The molecule has 2 N–H and O–H groups in total. The van der Waals surface area contributed by atoms with E-state index in [4.69, 9.17) is 11.6 Å². The highest BCUT2D eigenvalue weighted by molar-refractivity contribution is 6.50. The van der Waals surface area contributed by atoms with Crippen molar-refractivity contribution >= 4 is 40.4 Å². The number of amides is 1. The maximum absolute atomic E-state index is 12.7. The number of carbonyl (C=O) groups excluding carboxylic acids is 3. The number of fused-ring (bicyclic) bond motifs is 1. The van der Waals surface area contributed by atoms with Crippen molar-refractivity contribution in [1.29, 1.82) is 0 Å². The number of rotatable bonds is 4. The van der Waals surface area contributed by atoms with Gasteiger partial charge in [0.1, 0.15) is 10.7 Å². The predicted molar refractivity (Wildman–Crippen MR) is 122 cm³/mol. The zero-order valence-electron chi connectivity index (χ0n) is 17.0. The smallest absolute Gasteiger partial charge is 0.255 e. The summed E-state index contributed by atoms with van der Waals surface area (Å²) in [5, 5.41) is 5.54. The van der Waals surface area contributed by atoms with Crippen LogP contribution in [0.15, 0.2) is 83.8 Å². The van der Waals surface area contributed by atoms with Crippen molar-refractivity contribution in [3.8, 4) is 0 Å². The van der Waals surface area contributed by atoms with Crippen molar-refractivity contribution in [2.45, 2.75) is 13.8 Å². The molecule has 0 saturated carbocycles. The van der Waals surface area contributed by atoms with E-state index in [0.717, 1.165) is 0 Å². The highest BCUT2D eigenvalue weighted by Crippen LogP contribution is 2.29. The van der Waals surface area contributed by atoms with Crippen LogP contribution < -0.4 is 10.6 Å². The molecule has 1 aliphatic carbocycles. The Kier molecular flexibility index (Phi) is 6.95. The Bertz CT molecular complexity index is 1160. The first-order valence-electron chi connectivity index (χ1n) is 9.71. The second-order valence-electron chi connectivity index (χ2n) is 6.29. The molecule has 0 aliphatic heterocycles. The number of anilines is 2. The minimum Gasteiger partial charge on any atom is -0.351 e.